The van der Waals surface area contributed by atoms with Crippen LogP contribution in [0, 0.1) is 6.92 Å². The summed E-state index contributed by atoms with van der Waals surface area (Å²) in [6.45, 7) is 2.00. The van der Waals surface area contributed by atoms with Crippen molar-refractivity contribution in [3.05, 3.63) is 23.4 Å². The van der Waals surface area contributed by atoms with Crippen LogP contribution in [0.3, 0.4) is 0 Å². The molecule has 1 rings (SSSR count). The molecule has 3 nitrogen and oxygen atoms in total. The smallest absolute Gasteiger partial charge is 0.128 e. The Kier molecular flexibility index (Phi) is 2.65. The average molecular weight is 166 g/mol. The molecule has 0 spiro atoms. The molecule has 0 amide bonds. The molecule has 66 valence electrons. The minimum Gasteiger partial charge on any atom is -0.390 e. The molecule has 1 heterocycles. The lowest BCUT2D eigenvalue weighted by Gasteiger charge is -2.12. The fraction of sp³-hybridized carbons (Fsp3) is 0.444. The van der Waals surface area contributed by atoms with Crippen LogP contribution in [0.1, 0.15) is 11.3 Å². The van der Waals surface area contributed by atoms with Gasteiger partial charge in [0, 0.05) is 14.1 Å². The summed E-state index contributed by atoms with van der Waals surface area (Å²) in [5.41, 5.74) is 1.84. The zero-order chi connectivity index (χ0) is 9.14. The Balaban J connectivity index is 3.06. The van der Waals surface area contributed by atoms with Crippen molar-refractivity contribution in [2.24, 2.45) is 0 Å². The number of aliphatic hydroxyl groups excluding tert-OH is 1. The Hall–Kier alpha value is -1.09. The summed E-state index contributed by atoms with van der Waals surface area (Å²) in [5.74, 6) is 0.888. The summed E-state index contributed by atoms with van der Waals surface area (Å²) in [6, 6.07) is 3.87. The van der Waals surface area contributed by atoms with Crippen LogP contribution in [0.15, 0.2) is 12.1 Å². The predicted molar refractivity (Wildman–Crippen MR) is 49.2 cm³/mol. The molecule has 0 radical (unpaired) electrons. The van der Waals surface area contributed by atoms with Gasteiger partial charge in [-0.15, -0.1) is 0 Å². The maximum Gasteiger partial charge on any atom is 0.128 e. The van der Waals surface area contributed by atoms with Gasteiger partial charge in [0.05, 0.1) is 12.3 Å². The van der Waals surface area contributed by atoms with Crippen LogP contribution in [-0.2, 0) is 6.61 Å². The van der Waals surface area contributed by atoms with Crippen LogP contribution in [0.2, 0.25) is 0 Å². The number of pyridine rings is 1. The monoisotopic (exact) mass is 166 g/mol. The van der Waals surface area contributed by atoms with Gasteiger partial charge < -0.3 is 10.0 Å². The number of hydrogen-bond donors (Lipinski definition) is 1. The third-order valence-corrected chi connectivity index (χ3v) is 1.63. The van der Waals surface area contributed by atoms with Crippen molar-refractivity contribution < 1.29 is 5.11 Å². The molecule has 1 aromatic heterocycles. The van der Waals surface area contributed by atoms with Gasteiger partial charge in [0.15, 0.2) is 0 Å². The molecule has 0 aliphatic carbocycles. The van der Waals surface area contributed by atoms with Crippen molar-refractivity contribution in [2.75, 3.05) is 19.0 Å². The molecule has 0 saturated carbocycles. The standard InChI is InChI=1S/C9H14N2O/c1-7-4-8(6-12)10-9(5-7)11(2)3/h4-5,12H,6H2,1-3H3. The Bertz CT molecular complexity index is 271. The predicted octanol–water partition coefficient (Wildman–Crippen LogP) is 0.948. The van der Waals surface area contributed by atoms with Crippen LogP contribution < -0.4 is 4.90 Å². The second-order valence-corrected chi connectivity index (χ2v) is 3.05. The Morgan fingerprint density at radius 2 is 2.08 bits per heavy atom. The number of anilines is 1. The van der Waals surface area contributed by atoms with E-state index in [0.29, 0.717) is 0 Å². The number of aliphatic hydroxyl groups is 1. The van der Waals surface area contributed by atoms with Gasteiger partial charge in [0.25, 0.3) is 0 Å². The van der Waals surface area contributed by atoms with E-state index in [1.54, 1.807) is 0 Å². The number of rotatable bonds is 2. The molecule has 0 atom stereocenters. The fourth-order valence-electron chi connectivity index (χ4n) is 1.03. The van der Waals surface area contributed by atoms with Gasteiger partial charge >= 0.3 is 0 Å². The summed E-state index contributed by atoms with van der Waals surface area (Å²) in [5, 5.41) is 8.89. The van der Waals surface area contributed by atoms with E-state index in [1.807, 2.05) is 38.1 Å². The quantitative estimate of drug-likeness (QED) is 0.710. The second-order valence-electron chi connectivity index (χ2n) is 3.05. The number of hydrogen-bond acceptors (Lipinski definition) is 3. The zero-order valence-corrected chi connectivity index (χ0v) is 7.70. The van der Waals surface area contributed by atoms with Crippen LogP contribution in [0.4, 0.5) is 5.82 Å². The number of nitrogens with zero attached hydrogens (tertiary/aromatic N) is 2. The highest BCUT2D eigenvalue weighted by Crippen LogP contribution is 2.11. The minimum absolute atomic E-state index is 0.00250. The van der Waals surface area contributed by atoms with Crippen LogP contribution in [-0.4, -0.2) is 24.2 Å². The molecular weight excluding hydrogens is 152 g/mol. The van der Waals surface area contributed by atoms with Crippen molar-refractivity contribution in [3.63, 3.8) is 0 Å². The summed E-state index contributed by atoms with van der Waals surface area (Å²) in [7, 11) is 3.87. The highest BCUT2D eigenvalue weighted by Gasteiger charge is 2.00. The molecule has 12 heavy (non-hydrogen) atoms. The maximum absolute atomic E-state index is 8.89. The van der Waals surface area contributed by atoms with Gasteiger partial charge in [0.2, 0.25) is 0 Å². The molecule has 0 aromatic carbocycles. The van der Waals surface area contributed by atoms with E-state index >= 15 is 0 Å². The molecule has 0 aliphatic heterocycles. The first-order chi connectivity index (χ1) is 5.63. The first kappa shape index (κ1) is 9.00. The highest BCUT2D eigenvalue weighted by molar-refractivity contribution is 5.40. The third-order valence-electron chi connectivity index (χ3n) is 1.63. The second kappa shape index (κ2) is 3.54. The normalized spacial score (nSPS) is 10.0. The summed E-state index contributed by atoms with van der Waals surface area (Å²) in [6.07, 6.45) is 0. The third kappa shape index (κ3) is 1.95. The lowest BCUT2D eigenvalue weighted by atomic mass is 10.2. The van der Waals surface area contributed by atoms with E-state index in [2.05, 4.69) is 4.98 Å². The van der Waals surface area contributed by atoms with Crippen molar-refractivity contribution in [1.82, 2.24) is 4.98 Å². The van der Waals surface area contributed by atoms with Gasteiger partial charge in [-0.25, -0.2) is 4.98 Å². The van der Waals surface area contributed by atoms with Crippen molar-refractivity contribution in [2.45, 2.75) is 13.5 Å². The molecule has 0 unspecified atom stereocenters. The first-order valence-corrected chi connectivity index (χ1v) is 3.89. The summed E-state index contributed by atoms with van der Waals surface area (Å²) in [4.78, 5) is 6.15. The average Bonchev–Trinajstić information content (AvgIpc) is 2.03. The Morgan fingerprint density at radius 1 is 1.42 bits per heavy atom. The molecule has 0 bridgehead atoms. The van der Waals surface area contributed by atoms with E-state index < -0.39 is 0 Å². The highest BCUT2D eigenvalue weighted by atomic mass is 16.3. The van der Waals surface area contributed by atoms with E-state index in [1.165, 1.54) is 0 Å². The number of aryl methyl sites for hydroxylation is 1. The molecule has 0 fully saturated rings. The summed E-state index contributed by atoms with van der Waals surface area (Å²) >= 11 is 0. The Labute approximate surface area is 72.7 Å². The van der Waals surface area contributed by atoms with Gasteiger partial charge in [-0.05, 0) is 24.6 Å². The van der Waals surface area contributed by atoms with Gasteiger partial charge in [-0.2, -0.15) is 0 Å². The lowest BCUT2D eigenvalue weighted by molar-refractivity contribution is 0.277. The summed E-state index contributed by atoms with van der Waals surface area (Å²) < 4.78 is 0. The van der Waals surface area contributed by atoms with E-state index in [4.69, 9.17) is 5.11 Å². The minimum atomic E-state index is 0.00250. The zero-order valence-electron chi connectivity index (χ0n) is 7.70. The van der Waals surface area contributed by atoms with Crippen molar-refractivity contribution in [3.8, 4) is 0 Å². The topological polar surface area (TPSA) is 36.4 Å². The fourth-order valence-corrected chi connectivity index (χ4v) is 1.03. The number of aromatic nitrogens is 1. The molecule has 1 N–H and O–H groups in total. The molecule has 3 heteroatoms. The van der Waals surface area contributed by atoms with Crippen LogP contribution >= 0.6 is 0 Å². The molecule has 0 saturated heterocycles. The van der Waals surface area contributed by atoms with Gasteiger partial charge in [0.1, 0.15) is 5.82 Å². The van der Waals surface area contributed by atoms with Crippen molar-refractivity contribution >= 4 is 5.82 Å². The van der Waals surface area contributed by atoms with Gasteiger partial charge in [-0.1, -0.05) is 0 Å². The Morgan fingerprint density at radius 3 is 2.58 bits per heavy atom. The SMILES string of the molecule is Cc1cc(CO)nc(N(C)C)c1. The molecule has 1 aromatic rings. The lowest BCUT2D eigenvalue weighted by Crippen LogP contribution is -2.11. The van der Waals surface area contributed by atoms with E-state index in [9.17, 15) is 0 Å². The van der Waals surface area contributed by atoms with Crippen molar-refractivity contribution in [1.29, 1.82) is 0 Å². The van der Waals surface area contributed by atoms with Gasteiger partial charge in [-0.3, -0.25) is 0 Å². The van der Waals surface area contributed by atoms with Crippen LogP contribution in [0.5, 0.6) is 0 Å². The maximum atomic E-state index is 8.89. The first-order valence-electron chi connectivity index (χ1n) is 3.89. The largest absolute Gasteiger partial charge is 0.390 e. The van der Waals surface area contributed by atoms with Crippen LogP contribution in [0.25, 0.3) is 0 Å². The van der Waals surface area contributed by atoms with E-state index in [0.717, 1.165) is 17.1 Å². The van der Waals surface area contributed by atoms with E-state index in [-0.39, 0.29) is 6.61 Å². The molecule has 0 aliphatic rings. The molecular formula is C9H14N2O.